The van der Waals surface area contributed by atoms with E-state index < -0.39 is 0 Å². The van der Waals surface area contributed by atoms with Crippen molar-refractivity contribution in [2.45, 2.75) is 26.8 Å². The summed E-state index contributed by atoms with van der Waals surface area (Å²) in [6.45, 7) is 5.31. The van der Waals surface area contributed by atoms with Crippen molar-refractivity contribution in [3.05, 3.63) is 64.2 Å². The predicted octanol–water partition coefficient (Wildman–Crippen LogP) is 2.86. The topological polar surface area (TPSA) is 33.5 Å². The van der Waals surface area contributed by atoms with Gasteiger partial charge in [-0.2, -0.15) is 0 Å². The van der Waals surface area contributed by atoms with Gasteiger partial charge in [-0.25, -0.2) is 0 Å². The standard InChI is InChI=1S/C19H23ClN2O/c1-4-16-9-5-7-14(2)19(16)21-18(23)13-22(3)12-15-8-6-10-17(20)11-15/h5-11H,4,12-13H2,1-3H3,(H,21,23)/p+1. The monoisotopic (exact) mass is 331 g/mol. The molecule has 23 heavy (non-hydrogen) atoms. The van der Waals surface area contributed by atoms with Gasteiger partial charge in [-0.05, 0) is 36.6 Å². The Hall–Kier alpha value is -1.84. The van der Waals surface area contributed by atoms with Crippen LogP contribution in [0.3, 0.4) is 0 Å². The Labute approximate surface area is 143 Å². The molecule has 4 heteroatoms. The fourth-order valence-corrected chi connectivity index (χ4v) is 2.93. The van der Waals surface area contributed by atoms with Gasteiger partial charge in [0.1, 0.15) is 6.54 Å². The lowest BCUT2D eigenvalue weighted by molar-refractivity contribution is -0.885. The van der Waals surface area contributed by atoms with Crippen molar-refractivity contribution in [1.29, 1.82) is 0 Å². The first-order chi connectivity index (χ1) is 11.0. The summed E-state index contributed by atoms with van der Waals surface area (Å²) in [6, 6.07) is 13.9. The molecule has 2 aromatic rings. The molecule has 0 saturated heterocycles. The minimum atomic E-state index is 0.0357. The molecule has 2 N–H and O–H groups in total. The van der Waals surface area contributed by atoms with E-state index in [1.165, 1.54) is 5.56 Å². The van der Waals surface area contributed by atoms with E-state index in [1.807, 2.05) is 50.4 Å². The van der Waals surface area contributed by atoms with E-state index in [0.29, 0.717) is 6.54 Å². The van der Waals surface area contributed by atoms with Crippen molar-refractivity contribution in [2.75, 3.05) is 18.9 Å². The summed E-state index contributed by atoms with van der Waals surface area (Å²) in [6.07, 6.45) is 0.905. The van der Waals surface area contributed by atoms with Crippen LogP contribution in [-0.4, -0.2) is 19.5 Å². The molecule has 3 nitrogen and oxygen atoms in total. The van der Waals surface area contributed by atoms with Crippen LogP contribution in [0.4, 0.5) is 5.69 Å². The van der Waals surface area contributed by atoms with E-state index in [4.69, 9.17) is 11.6 Å². The number of likely N-dealkylation sites (N-methyl/N-ethyl adjacent to an activating group) is 1. The van der Waals surface area contributed by atoms with Crippen LogP contribution in [-0.2, 0) is 17.8 Å². The molecule has 1 unspecified atom stereocenters. The lowest BCUT2D eigenvalue weighted by atomic mass is 10.1. The van der Waals surface area contributed by atoms with E-state index >= 15 is 0 Å². The van der Waals surface area contributed by atoms with Crippen LogP contribution >= 0.6 is 11.6 Å². The Morgan fingerprint density at radius 1 is 1.22 bits per heavy atom. The third kappa shape index (κ3) is 5.08. The van der Waals surface area contributed by atoms with Crippen LogP contribution in [0.5, 0.6) is 0 Å². The van der Waals surface area contributed by atoms with E-state index in [0.717, 1.165) is 39.7 Å². The molecule has 0 radical (unpaired) electrons. The van der Waals surface area contributed by atoms with Crippen molar-refractivity contribution < 1.29 is 9.69 Å². The highest BCUT2D eigenvalue weighted by molar-refractivity contribution is 6.30. The van der Waals surface area contributed by atoms with E-state index in [9.17, 15) is 4.79 Å². The fourth-order valence-electron chi connectivity index (χ4n) is 2.72. The van der Waals surface area contributed by atoms with Gasteiger partial charge in [0, 0.05) is 16.3 Å². The predicted molar refractivity (Wildman–Crippen MR) is 96.1 cm³/mol. The number of anilines is 1. The highest BCUT2D eigenvalue weighted by atomic mass is 35.5. The molecule has 0 aromatic heterocycles. The Kier molecular flexibility index (Phi) is 6.20. The number of carbonyl (C=O) groups excluding carboxylic acids is 1. The van der Waals surface area contributed by atoms with Crippen LogP contribution in [0.2, 0.25) is 5.02 Å². The van der Waals surface area contributed by atoms with E-state index in [2.05, 4.69) is 18.3 Å². The molecule has 0 aliphatic rings. The Bertz CT molecular complexity index is 685. The maximum absolute atomic E-state index is 12.3. The van der Waals surface area contributed by atoms with Crippen molar-refractivity contribution in [3.8, 4) is 0 Å². The molecule has 0 saturated carbocycles. The molecule has 0 aliphatic carbocycles. The Balaban J connectivity index is 1.97. The van der Waals surface area contributed by atoms with Crippen molar-refractivity contribution >= 4 is 23.2 Å². The van der Waals surface area contributed by atoms with E-state index in [-0.39, 0.29) is 5.91 Å². The summed E-state index contributed by atoms with van der Waals surface area (Å²) >= 11 is 6.00. The lowest BCUT2D eigenvalue weighted by Crippen LogP contribution is -3.08. The van der Waals surface area contributed by atoms with Crippen LogP contribution in [0.15, 0.2) is 42.5 Å². The summed E-state index contributed by atoms with van der Waals surface area (Å²) < 4.78 is 0. The van der Waals surface area contributed by atoms with Gasteiger partial charge in [0.15, 0.2) is 6.54 Å². The number of benzene rings is 2. The van der Waals surface area contributed by atoms with Crippen LogP contribution in [0.25, 0.3) is 0 Å². The number of hydrogen-bond donors (Lipinski definition) is 2. The zero-order chi connectivity index (χ0) is 16.8. The molecule has 1 amide bonds. The smallest absolute Gasteiger partial charge is 0.279 e. The lowest BCUT2D eigenvalue weighted by Gasteiger charge is -2.16. The van der Waals surface area contributed by atoms with Gasteiger partial charge in [-0.3, -0.25) is 4.79 Å². The summed E-state index contributed by atoms with van der Waals surface area (Å²) in [5.41, 5.74) is 4.36. The van der Waals surface area contributed by atoms with Gasteiger partial charge in [0.2, 0.25) is 0 Å². The van der Waals surface area contributed by atoms with Gasteiger partial charge < -0.3 is 10.2 Å². The number of para-hydroxylation sites is 1. The maximum atomic E-state index is 12.3. The highest BCUT2D eigenvalue weighted by Crippen LogP contribution is 2.20. The number of aryl methyl sites for hydroxylation is 2. The molecule has 0 heterocycles. The summed E-state index contributed by atoms with van der Waals surface area (Å²) in [7, 11) is 2.01. The van der Waals surface area contributed by atoms with Gasteiger partial charge >= 0.3 is 0 Å². The van der Waals surface area contributed by atoms with Crippen LogP contribution in [0, 0.1) is 6.92 Å². The quantitative estimate of drug-likeness (QED) is 0.838. The molecule has 2 rings (SSSR count). The first kappa shape index (κ1) is 17.5. The molecule has 0 bridgehead atoms. The first-order valence-electron chi connectivity index (χ1n) is 7.93. The second kappa shape index (κ2) is 8.14. The molecule has 1 atom stereocenters. The number of halogens is 1. The summed E-state index contributed by atoms with van der Waals surface area (Å²) in [5.74, 6) is 0.0357. The molecule has 0 spiro atoms. The summed E-state index contributed by atoms with van der Waals surface area (Å²) in [4.78, 5) is 13.5. The molecule has 2 aromatic carbocycles. The number of nitrogens with one attached hydrogen (secondary N) is 2. The second-order valence-electron chi connectivity index (χ2n) is 5.95. The molecular formula is C19H24ClN2O+. The van der Waals surface area contributed by atoms with Crippen molar-refractivity contribution in [2.24, 2.45) is 0 Å². The molecular weight excluding hydrogens is 308 g/mol. The minimum Gasteiger partial charge on any atom is -0.326 e. The van der Waals surface area contributed by atoms with Gasteiger partial charge in [-0.15, -0.1) is 0 Å². The van der Waals surface area contributed by atoms with Crippen molar-refractivity contribution in [3.63, 3.8) is 0 Å². The largest absolute Gasteiger partial charge is 0.326 e. The zero-order valence-electron chi connectivity index (χ0n) is 13.9. The van der Waals surface area contributed by atoms with Crippen LogP contribution < -0.4 is 10.2 Å². The first-order valence-corrected chi connectivity index (χ1v) is 8.31. The average molecular weight is 332 g/mol. The van der Waals surface area contributed by atoms with Crippen LogP contribution in [0.1, 0.15) is 23.6 Å². The number of rotatable bonds is 6. The van der Waals surface area contributed by atoms with Gasteiger partial charge in [0.05, 0.1) is 7.05 Å². The zero-order valence-corrected chi connectivity index (χ0v) is 14.7. The fraction of sp³-hybridized carbons (Fsp3) is 0.316. The van der Waals surface area contributed by atoms with Gasteiger partial charge in [0.25, 0.3) is 5.91 Å². The molecule has 0 fully saturated rings. The second-order valence-corrected chi connectivity index (χ2v) is 6.39. The third-order valence-corrected chi connectivity index (χ3v) is 4.10. The van der Waals surface area contributed by atoms with Crippen molar-refractivity contribution in [1.82, 2.24) is 0 Å². The molecule has 122 valence electrons. The molecule has 0 aliphatic heterocycles. The number of carbonyl (C=O) groups is 1. The SMILES string of the molecule is CCc1cccc(C)c1NC(=O)C[NH+](C)Cc1cccc(Cl)c1. The Morgan fingerprint density at radius 2 is 1.96 bits per heavy atom. The Morgan fingerprint density at radius 3 is 2.65 bits per heavy atom. The minimum absolute atomic E-state index is 0.0357. The van der Waals surface area contributed by atoms with Gasteiger partial charge in [-0.1, -0.05) is 48.9 Å². The number of quaternary nitrogens is 1. The maximum Gasteiger partial charge on any atom is 0.279 e. The summed E-state index contributed by atoms with van der Waals surface area (Å²) in [5, 5.41) is 3.80. The normalized spacial score (nSPS) is 12.0. The van der Waals surface area contributed by atoms with E-state index in [1.54, 1.807) is 0 Å². The number of hydrogen-bond acceptors (Lipinski definition) is 1. The average Bonchev–Trinajstić information content (AvgIpc) is 2.49. The highest BCUT2D eigenvalue weighted by Gasteiger charge is 2.13. The number of amides is 1. The third-order valence-electron chi connectivity index (χ3n) is 3.86.